The van der Waals surface area contributed by atoms with Crippen molar-refractivity contribution in [2.24, 2.45) is 13.0 Å². The van der Waals surface area contributed by atoms with E-state index in [0.29, 0.717) is 25.6 Å². The second-order valence-corrected chi connectivity index (χ2v) is 8.05. The molecule has 1 aliphatic heterocycles. The molecule has 0 unspecified atom stereocenters. The van der Waals surface area contributed by atoms with Gasteiger partial charge in [-0.15, -0.1) is 0 Å². The summed E-state index contributed by atoms with van der Waals surface area (Å²) in [7, 11) is 3.60. The van der Waals surface area contributed by atoms with Crippen molar-refractivity contribution in [2.75, 3.05) is 26.8 Å². The molecule has 0 radical (unpaired) electrons. The van der Waals surface area contributed by atoms with Crippen LogP contribution >= 0.6 is 0 Å². The molecule has 3 atom stereocenters. The number of benzene rings is 1. The van der Waals surface area contributed by atoms with Crippen LogP contribution in [0.1, 0.15) is 35.6 Å². The quantitative estimate of drug-likeness (QED) is 0.797. The standard InChI is InChI=1S/C22H30N4O2/c1-25-15-19(14-24-25)22-18(12-21(27)26(22)9-10-28-2)13-23-20-8-7-16-5-3-4-6-17(16)11-20/h3-6,14-15,18,20,22-23H,7-13H2,1-2H3/t18-,20-,22+/m0/s1. The summed E-state index contributed by atoms with van der Waals surface area (Å²) in [5.74, 6) is 0.470. The summed E-state index contributed by atoms with van der Waals surface area (Å²) in [6.07, 6.45) is 7.87. The Morgan fingerprint density at radius 1 is 1.25 bits per heavy atom. The molecular formula is C22H30N4O2. The van der Waals surface area contributed by atoms with E-state index in [4.69, 9.17) is 4.74 Å². The molecule has 6 nitrogen and oxygen atoms in total. The van der Waals surface area contributed by atoms with Gasteiger partial charge >= 0.3 is 0 Å². The van der Waals surface area contributed by atoms with Crippen LogP contribution in [0.5, 0.6) is 0 Å². The van der Waals surface area contributed by atoms with E-state index in [0.717, 1.165) is 31.4 Å². The fourth-order valence-electron chi connectivity index (χ4n) is 4.74. The maximum absolute atomic E-state index is 12.7. The number of nitrogens with zero attached hydrogens (tertiary/aromatic N) is 3. The number of carbonyl (C=O) groups excluding carboxylic acids is 1. The molecule has 0 spiro atoms. The Hall–Kier alpha value is -2.18. The van der Waals surface area contributed by atoms with Gasteiger partial charge in [-0.1, -0.05) is 24.3 Å². The Morgan fingerprint density at radius 2 is 2.07 bits per heavy atom. The maximum atomic E-state index is 12.7. The Kier molecular flexibility index (Phi) is 5.78. The molecule has 0 saturated carbocycles. The monoisotopic (exact) mass is 382 g/mol. The van der Waals surface area contributed by atoms with Crippen LogP contribution in [0, 0.1) is 5.92 Å². The van der Waals surface area contributed by atoms with Crippen LogP contribution < -0.4 is 5.32 Å². The summed E-state index contributed by atoms with van der Waals surface area (Å²) in [5, 5.41) is 8.11. The Labute approximate surface area is 166 Å². The van der Waals surface area contributed by atoms with Crippen molar-refractivity contribution in [1.82, 2.24) is 20.0 Å². The Morgan fingerprint density at radius 3 is 2.82 bits per heavy atom. The molecule has 1 aromatic carbocycles. The minimum absolute atomic E-state index is 0.0692. The van der Waals surface area contributed by atoms with Gasteiger partial charge in [-0.25, -0.2) is 0 Å². The van der Waals surface area contributed by atoms with Crippen molar-refractivity contribution in [3.63, 3.8) is 0 Å². The number of aryl methyl sites for hydroxylation is 2. The summed E-state index contributed by atoms with van der Waals surface area (Å²) in [6.45, 7) is 2.03. The summed E-state index contributed by atoms with van der Waals surface area (Å²) in [4.78, 5) is 14.7. The first kappa shape index (κ1) is 19.2. The van der Waals surface area contributed by atoms with Crippen LogP contribution in [-0.4, -0.2) is 53.4 Å². The van der Waals surface area contributed by atoms with Gasteiger partial charge in [0.1, 0.15) is 0 Å². The van der Waals surface area contributed by atoms with Gasteiger partial charge in [0.15, 0.2) is 0 Å². The van der Waals surface area contributed by atoms with Crippen LogP contribution in [0.3, 0.4) is 0 Å². The van der Waals surface area contributed by atoms with Crippen molar-refractivity contribution >= 4 is 5.91 Å². The number of nitrogens with one attached hydrogen (secondary N) is 1. The number of ether oxygens (including phenoxy) is 1. The summed E-state index contributed by atoms with van der Waals surface area (Å²) in [5.41, 5.74) is 4.06. The molecule has 4 rings (SSSR count). The van der Waals surface area contributed by atoms with E-state index < -0.39 is 0 Å². The van der Waals surface area contributed by atoms with E-state index in [1.807, 2.05) is 29.0 Å². The highest BCUT2D eigenvalue weighted by atomic mass is 16.5. The average Bonchev–Trinajstić information content (AvgIpc) is 3.27. The van der Waals surface area contributed by atoms with Crippen LogP contribution in [0.4, 0.5) is 0 Å². The van der Waals surface area contributed by atoms with Gasteiger partial charge in [0.25, 0.3) is 0 Å². The molecule has 1 aliphatic carbocycles. The zero-order valence-corrected chi connectivity index (χ0v) is 16.8. The molecule has 0 bridgehead atoms. The van der Waals surface area contributed by atoms with Gasteiger partial charge in [0, 0.05) is 57.4 Å². The van der Waals surface area contributed by atoms with E-state index in [-0.39, 0.29) is 17.9 Å². The fourth-order valence-corrected chi connectivity index (χ4v) is 4.74. The van der Waals surface area contributed by atoms with Gasteiger partial charge in [-0.05, 0) is 30.4 Å². The maximum Gasteiger partial charge on any atom is 0.223 e. The van der Waals surface area contributed by atoms with Crippen molar-refractivity contribution in [3.05, 3.63) is 53.3 Å². The molecular weight excluding hydrogens is 352 g/mol. The lowest BCUT2D eigenvalue weighted by atomic mass is 9.87. The number of fused-ring (bicyclic) bond motifs is 1. The third-order valence-electron chi connectivity index (χ3n) is 6.16. The first-order valence-corrected chi connectivity index (χ1v) is 10.2. The van der Waals surface area contributed by atoms with Crippen LogP contribution in [0.2, 0.25) is 0 Å². The third kappa shape index (κ3) is 3.98. The molecule has 2 heterocycles. The summed E-state index contributed by atoms with van der Waals surface area (Å²) >= 11 is 0. The summed E-state index contributed by atoms with van der Waals surface area (Å²) < 4.78 is 7.05. The van der Waals surface area contributed by atoms with Crippen LogP contribution in [-0.2, 0) is 29.4 Å². The number of aromatic nitrogens is 2. The molecule has 1 amide bonds. The molecule has 28 heavy (non-hydrogen) atoms. The molecule has 1 N–H and O–H groups in total. The number of carbonyl (C=O) groups is 1. The lowest BCUT2D eigenvalue weighted by molar-refractivity contribution is -0.129. The van der Waals surface area contributed by atoms with Gasteiger partial charge in [-0.3, -0.25) is 9.48 Å². The van der Waals surface area contributed by atoms with Crippen molar-refractivity contribution < 1.29 is 9.53 Å². The van der Waals surface area contributed by atoms with E-state index in [1.165, 1.54) is 11.1 Å². The number of rotatable bonds is 7. The lowest BCUT2D eigenvalue weighted by Crippen LogP contribution is -2.39. The van der Waals surface area contributed by atoms with Crippen molar-refractivity contribution in [3.8, 4) is 0 Å². The highest BCUT2D eigenvalue weighted by molar-refractivity contribution is 5.79. The first-order valence-electron chi connectivity index (χ1n) is 10.2. The summed E-state index contributed by atoms with van der Waals surface area (Å²) in [6, 6.07) is 9.29. The van der Waals surface area contributed by atoms with Gasteiger partial charge in [-0.2, -0.15) is 5.10 Å². The molecule has 150 valence electrons. The lowest BCUT2D eigenvalue weighted by Gasteiger charge is -2.30. The normalized spacial score (nSPS) is 24.6. The molecule has 2 aromatic rings. The van der Waals surface area contributed by atoms with Crippen molar-refractivity contribution in [2.45, 2.75) is 37.8 Å². The SMILES string of the molecule is COCCN1C(=O)C[C@@H](CN[C@H]2CCc3ccccc3C2)[C@@H]1c1cnn(C)c1. The smallest absolute Gasteiger partial charge is 0.223 e. The number of methoxy groups -OCH3 is 1. The third-order valence-corrected chi connectivity index (χ3v) is 6.16. The molecule has 1 fully saturated rings. The first-order chi connectivity index (χ1) is 13.7. The van der Waals surface area contributed by atoms with E-state index in [2.05, 4.69) is 34.7 Å². The highest BCUT2D eigenvalue weighted by Gasteiger charge is 2.41. The zero-order valence-electron chi connectivity index (χ0n) is 16.8. The number of hydrogen-bond donors (Lipinski definition) is 1. The zero-order chi connectivity index (χ0) is 19.5. The highest BCUT2D eigenvalue weighted by Crippen LogP contribution is 2.37. The van der Waals surface area contributed by atoms with Crippen LogP contribution in [0.25, 0.3) is 0 Å². The van der Waals surface area contributed by atoms with Gasteiger partial charge < -0.3 is 15.0 Å². The Bertz CT molecular complexity index is 818. The largest absolute Gasteiger partial charge is 0.383 e. The van der Waals surface area contributed by atoms with Crippen molar-refractivity contribution in [1.29, 1.82) is 0 Å². The predicted octanol–water partition coefficient (Wildman–Crippen LogP) is 2.10. The van der Waals surface area contributed by atoms with Gasteiger partial charge in [0.05, 0.1) is 18.8 Å². The molecule has 1 saturated heterocycles. The average molecular weight is 383 g/mol. The number of hydrogen-bond acceptors (Lipinski definition) is 4. The fraction of sp³-hybridized carbons (Fsp3) is 0.545. The minimum Gasteiger partial charge on any atom is -0.383 e. The van der Waals surface area contributed by atoms with E-state index in [1.54, 1.807) is 7.11 Å². The van der Waals surface area contributed by atoms with Gasteiger partial charge in [0.2, 0.25) is 5.91 Å². The minimum atomic E-state index is 0.0692. The molecule has 2 aliphatic rings. The van der Waals surface area contributed by atoms with E-state index >= 15 is 0 Å². The van der Waals surface area contributed by atoms with E-state index in [9.17, 15) is 4.79 Å². The van der Waals surface area contributed by atoms with Crippen LogP contribution in [0.15, 0.2) is 36.7 Å². The second-order valence-electron chi connectivity index (χ2n) is 8.05. The Balaban J connectivity index is 1.44. The molecule has 6 heteroatoms. The molecule has 1 aromatic heterocycles. The topological polar surface area (TPSA) is 59.4 Å². The predicted molar refractivity (Wildman–Crippen MR) is 108 cm³/mol. The number of amides is 1. The second kappa shape index (κ2) is 8.45. The number of likely N-dealkylation sites (tertiary alicyclic amines) is 1.